The highest BCUT2D eigenvalue weighted by molar-refractivity contribution is 5.93. The van der Waals surface area contributed by atoms with Gasteiger partial charge in [0.1, 0.15) is 0 Å². The van der Waals surface area contributed by atoms with Crippen LogP contribution in [-0.4, -0.2) is 17.5 Å². The molecule has 2 N–H and O–H groups in total. The number of amides is 1. The Kier molecular flexibility index (Phi) is 3.45. The number of hydrogen-bond donors (Lipinski definition) is 1. The van der Waals surface area contributed by atoms with Crippen LogP contribution < -0.4 is 10.5 Å². The van der Waals surface area contributed by atoms with E-state index in [4.69, 9.17) is 10.5 Å². The number of rotatable bonds is 4. The third-order valence-electron chi connectivity index (χ3n) is 1.58. The van der Waals surface area contributed by atoms with E-state index >= 15 is 0 Å². The Hall–Kier alpha value is -1.58. The molecule has 76 valence electrons. The van der Waals surface area contributed by atoms with Crippen molar-refractivity contribution in [3.8, 4) is 5.75 Å². The van der Waals surface area contributed by atoms with Gasteiger partial charge in [-0.2, -0.15) is 0 Å². The van der Waals surface area contributed by atoms with Crippen molar-refractivity contribution in [3.05, 3.63) is 24.0 Å². The molecule has 4 heteroatoms. The fourth-order valence-corrected chi connectivity index (χ4v) is 0.949. The zero-order valence-corrected chi connectivity index (χ0v) is 8.36. The van der Waals surface area contributed by atoms with Crippen LogP contribution in [0, 0.1) is 5.92 Å². The number of hydrogen-bond acceptors (Lipinski definition) is 3. The summed E-state index contributed by atoms with van der Waals surface area (Å²) < 4.78 is 5.40. The molecule has 0 spiro atoms. The SMILES string of the molecule is CC(C)COc1cccnc1C(N)=O. The van der Waals surface area contributed by atoms with Crippen molar-refractivity contribution in [1.82, 2.24) is 4.98 Å². The average Bonchev–Trinajstić information content (AvgIpc) is 2.15. The maximum absolute atomic E-state index is 10.9. The number of nitrogens with zero attached hydrogens (tertiary/aromatic N) is 1. The van der Waals surface area contributed by atoms with Crippen LogP contribution in [-0.2, 0) is 0 Å². The Morgan fingerprint density at radius 1 is 1.64 bits per heavy atom. The molecule has 0 aliphatic heterocycles. The Morgan fingerprint density at radius 2 is 2.36 bits per heavy atom. The van der Waals surface area contributed by atoms with Crippen molar-refractivity contribution >= 4 is 5.91 Å². The summed E-state index contributed by atoms with van der Waals surface area (Å²) >= 11 is 0. The first-order chi connectivity index (χ1) is 6.61. The molecule has 0 unspecified atom stereocenters. The lowest BCUT2D eigenvalue weighted by Crippen LogP contribution is -2.16. The van der Waals surface area contributed by atoms with E-state index in [0.29, 0.717) is 18.3 Å². The number of nitrogens with two attached hydrogens (primary N) is 1. The normalized spacial score (nSPS) is 10.2. The van der Waals surface area contributed by atoms with Crippen molar-refractivity contribution in [2.75, 3.05) is 6.61 Å². The van der Waals surface area contributed by atoms with Crippen LogP contribution in [0.5, 0.6) is 5.75 Å². The monoisotopic (exact) mass is 194 g/mol. The second-order valence-corrected chi connectivity index (χ2v) is 3.42. The van der Waals surface area contributed by atoms with E-state index in [1.807, 2.05) is 13.8 Å². The topological polar surface area (TPSA) is 65.2 Å². The van der Waals surface area contributed by atoms with E-state index in [-0.39, 0.29) is 5.69 Å². The number of aromatic nitrogens is 1. The van der Waals surface area contributed by atoms with Crippen molar-refractivity contribution in [2.24, 2.45) is 11.7 Å². The molecule has 4 nitrogen and oxygen atoms in total. The van der Waals surface area contributed by atoms with Crippen LogP contribution in [0.15, 0.2) is 18.3 Å². The number of ether oxygens (including phenoxy) is 1. The van der Waals surface area contributed by atoms with Crippen molar-refractivity contribution < 1.29 is 9.53 Å². The molecule has 1 aromatic rings. The minimum Gasteiger partial charge on any atom is -0.491 e. The third-order valence-corrected chi connectivity index (χ3v) is 1.58. The van der Waals surface area contributed by atoms with E-state index in [9.17, 15) is 4.79 Å². The molecule has 1 aromatic heterocycles. The lowest BCUT2D eigenvalue weighted by Gasteiger charge is -2.10. The van der Waals surface area contributed by atoms with Crippen LogP contribution in [0.3, 0.4) is 0 Å². The van der Waals surface area contributed by atoms with Gasteiger partial charge in [-0.05, 0) is 18.1 Å². The van der Waals surface area contributed by atoms with Crippen LogP contribution >= 0.6 is 0 Å². The maximum atomic E-state index is 10.9. The molecule has 0 atom stereocenters. The van der Waals surface area contributed by atoms with E-state index in [1.165, 1.54) is 6.20 Å². The van der Waals surface area contributed by atoms with Crippen LogP contribution in [0.25, 0.3) is 0 Å². The highest BCUT2D eigenvalue weighted by Crippen LogP contribution is 2.15. The molecule has 0 aliphatic rings. The van der Waals surface area contributed by atoms with E-state index < -0.39 is 5.91 Å². The second-order valence-electron chi connectivity index (χ2n) is 3.42. The lowest BCUT2D eigenvalue weighted by molar-refractivity contribution is 0.0990. The second kappa shape index (κ2) is 4.60. The van der Waals surface area contributed by atoms with Gasteiger partial charge in [-0.15, -0.1) is 0 Å². The van der Waals surface area contributed by atoms with Gasteiger partial charge in [0.05, 0.1) is 6.61 Å². The highest BCUT2D eigenvalue weighted by Gasteiger charge is 2.10. The van der Waals surface area contributed by atoms with Gasteiger partial charge < -0.3 is 10.5 Å². The minimum atomic E-state index is -0.565. The van der Waals surface area contributed by atoms with Crippen LogP contribution in [0.2, 0.25) is 0 Å². The Labute approximate surface area is 83.1 Å². The van der Waals surface area contributed by atoms with Crippen LogP contribution in [0.4, 0.5) is 0 Å². The Balaban J connectivity index is 2.79. The zero-order chi connectivity index (χ0) is 10.6. The fraction of sp³-hybridized carbons (Fsp3) is 0.400. The van der Waals surface area contributed by atoms with E-state index in [1.54, 1.807) is 12.1 Å². The molecule has 0 fully saturated rings. The average molecular weight is 194 g/mol. The predicted molar refractivity (Wildman–Crippen MR) is 53.1 cm³/mol. The summed E-state index contributed by atoms with van der Waals surface area (Å²) in [5, 5.41) is 0. The largest absolute Gasteiger partial charge is 0.491 e. The molecule has 0 aliphatic carbocycles. The molecule has 0 bridgehead atoms. The lowest BCUT2D eigenvalue weighted by atomic mass is 10.2. The van der Waals surface area contributed by atoms with Gasteiger partial charge in [-0.3, -0.25) is 4.79 Å². The summed E-state index contributed by atoms with van der Waals surface area (Å²) in [5.41, 5.74) is 5.33. The van der Waals surface area contributed by atoms with Crippen molar-refractivity contribution in [2.45, 2.75) is 13.8 Å². The fourth-order valence-electron chi connectivity index (χ4n) is 0.949. The number of carbonyl (C=O) groups excluding carboxylic acids is 1. The molecule has 0 saturated heterocycles. The summed E-state index contributed by atoms with van der Waals surface area (Å²) in [6, 6.07) is 3.40. The predicted octanol–water partition coefficient (Wildman–Crippen LogP) is 1.22. The molecule has 0 aromatic carbocycles. The van der Waals surface area contributed by atoms with Gasteiger partial charge in [0.2, 0.25) is 0 Å². The van der Waals surface area contributed by atoms with Gasteiger partial charge in [0.25, 0.3) is 5.91 Å². The minimum absolute atomic E-state index is 0.188. The summed E-state index contributed by atoms with van der Waals surface area (Å²) in [6.07, 6.45) is 1.52. The standard InChI is InChI=1S/C10H14N2O2/c1-7(2)6-14-8-4-3-5-12-9(8)10(11)13/h3-5,7H,6H2,1-2H3,(H2,11,13). The molecule has 1 heterocycles. The van der Waals surface area contributed by atoms with Crippen molar-refractivity contribution in [1.29, 1.82) is 0 Å². The summed E-state index contributed by atoms with van der Waals surface area (Å²) in [4.78, 5) is 14.8. The Morgan fingerprint density at radius 3 is 2.93 bits per heavy atom. The van der Waals surface area contributed by atoms with Crippen LogP contribution in [0.1, 0.15) is 24.3 Å². The van der Waals surface area contributed by atoms with E-state index in [0.717, 1.165) is 0 Å². The molecular formula is C10H14N2O2. The van der Waals surface area contributed by atoms with Gasteiger partial charge in [-0.25, -0.2) is 4.98 Å². The quantitative estimate of drug-likeness (QED) is 0.783. The first-order valence-electron chi connectivity index (χ1n) is 4.49. The van der Waals surface area contributed by atoms with Crippen molar-refractivity contribution in [3.63, 3.8) is 0 Å². The van der Waals surface area contributed by atoms with Gasteiger partial charge >= 0.3 is 0 Å². The first-order valence-corrected chi connectivity index (χ1v) is 4.49. The van der Waals surface area contributed by atoms with Gasteiger partial charge in [-0.1, -0.05) is 13.8 Å². The van der Waals surface area contributed by atoms with Gasteiger partial charge in [0, 0.05) is 6.20 Å². The van der Waals surface area contributed by atoms with E-state index in [2.05, 4.69) is 4.98 Å². The zero-order valence-electron chi connectivity index (χ0n) is 8.36. The van der Waals surface area contributed by atoms with Gasteiger partial charge in [0.15, 0.2) is 11.4 Å². The maximum Gasteiger partial charge on any atom is 0.271 e. The number of primary amides is 1. The first kappa shape index (κ1) is 10.5. The molecular weight excluding hydrogens is 180 g/mol. The number of carbonyl (C=O) groups is 1. The number of pyridine rings is 1. The molecule has 1 amide bonds. The molecule has 0 saturated carbocycles. The molecule has 1 rings (SSSR count). The molecule has 14 heavy (non-hydrogen) atoms. The Bertz CT molecular complexity index is 324. The summed E-state index contributed by atoms with van der Waals surface area (Å²) in [6.45, 7) is 4.60. The highest BCUT2D eigenvalue weighted by atomic mass is 16.5. The smallest absolute Gasteiger partial charge is 0.271 e. The summed E-state index contributed by atoms with van der Waals surface area (Å²) in [5.74, 6) is 0.286. The molecule has 0 radical (unpaired) electrons. The summed E-state index contributed by atoms with van der Waals surface area (Å²) in [7, 11) is 0. The third kappa shape index (κ3) is 2.73.